The van der Waals surface area contributed by atoms with Crippen LogP contribution in [0.25, 0.3) is 0 Å². The summed E-state index contributed by atoms with van der Waals surface area (Å²) in [6, 6.07) is 7.83. The van der Waals surface area contributed by atoms with Gasteiger partial charge in [0.2, 0.25) is 0 Å². The van der Waals surface area contributed by atoms with Gasteiger partial charge in [-0.1, -0.05) is 12.1 Å². The monoisotopic (exact) mass is 355 g/mol. The first-order valence-electron chi connectivity index (χ1n) is 9.02. The van der Waals surface area contributed by atoms with Crippen LogP contribution in [0.2, 0.25) is 0 Å². The molecule has 0 saturated heterocycles. The average molecular weight is 355 g/mol. The van der Waals surface area contributed by atoms with Gasteiger partial charge in [-0.3, -0.25) is 9.78 Å². The van der Waals surface area contributed by atoms with E-state index in [-0.39, 0.29) is 17.9 Å². The number of carbonyl (C=O) groups excluding carboxylic acids is 1. The number of hydrogen-bond acceptors (Lipinski definition) is 5. The third-order valence-electron chi connectivity index (χ3n) is 4.83. The highest BCUT2D eigenvalue weighted by Crippen LogP contribution is 2.28. The molecule has 6 nitrogen and oxygen atoms in total. The maximum absolute atomic E-state index is 12.3. The van der Waals surface area contributed by atoms with Gasteiger partial charge in [0.05, 0.1) is 11.8 Å². The van der Waals surface area contributed by atoms with Gasteiger partial charge in [-0.2, -0.15) is 0 Å². The van der Waals surface area contributed by atoms with E-state index in [4.69, 9.17) is 4.74 Å². The summed E-state index contributed by atoms with van der Waals surface area (Å²) < 4.78 is 6.00. The number of amides is 1. The predicted octanol–water partition coefficient (Wildman–Crippen LogP) is 2.43. The van der Waals surface area contributed by atoms with Crippen LogP contribution in [0.3, 0.4) is 0 Å². The van der Waals surface area contributed by atoms with Gasteiger partial charge in [0, 0.05) is 24.9 Å². The van der Waals surface area contributed by atoms with E-state index in [2.05, 4.69) is 15.3 Å². The van der Waals surface area contributed by atoms with Gasteiger partial charge in [0.1, 0.15) is 17.5 Å². The number of aliphatic hydroxyl groups excluding tert-OH is 1. The van der Waals surface area contributed by atoms with Gasteiger partial charge < -0.3 is 15.2 Å². The molecule has 0 unspecified atom stereocenters. The minimum atomic E-state index is -0.618. The number of aryl methyl sites for hydroxylation is 2. The molecular weight excluding hydrogens is 330 g/mol. The first kappa shape index (κ1) is 18.3. The lowest BCUT2D eigenvalue weighted by Crippen LogP contribution is -2.46. The van der Waals surface area contributed by atoms with E-state index in [9.17, 15) is 9.90 Å². The number of hydrogen-bond donors (Lipinski definition) is 2. The Labute approximate surface area is 153 Å². The Hall–Kier alpha value is -2.47. The molecule has 0 aliphatic heterocycles. The SMILES string of the molecule is Cc1cccc(O[C@@H]2CCC[C@H](CNC(=O)c3nccnc3C)[C@H]2O)c1. The van der Waals surface area contributed by atoms with E-state index in [1.807, 2.05) is 31.2 Å². The number of carbonyl (C=O) groups is 1. The number of nitrogens with one attached hydrogen (secondary N) is 1. The maximum atomic E-state index is 12.3. The highest BCUT2D eigenvalue weighted by molar-refractivity contribution is 5.93. The molecule has 0 radical (unpaired) electrons. The van der Waals surface area contributed by atoms with Crippen LogP contribution in [0, 0.1) is 19.8 Å². The van der Waals surface area contributed by atoms with Crippen molar-refractivity contribution in [1.29, 1.82) is 0 Å². The van der Waals surface area contributed by atoms with Crippen molar-refractivity contribution in [2.24, 2.45) is 5.92 Å². The lowest BCUT2D eigenvalue weighted by molar-refractivity contribution is -0.0301. The van der Waals surface area contributed by atoms with Crippen LogP contribution in [-0.4, -0.2) is 39.7 Å². The highest BCUT2D eigenvalue weighted by atomic mass is 16.5. The molecule has 138 valence electrons. The molecule has 0 bridgehead atoms. The quantitative estimate of drug-likeness (QED) is 0.860. The van der Waals surface area contributed by atoms with Gasteiger partial charge in [-0.05, 0) is 50.8 Å². The molecule has 1 aliphatic carbocycles. The molecule has 6 heteroatoms. The standard InChI is InChI=1S/C20H25N3O3/c1-13-5-3-7-16(11-13)26-17-8-4-6-15(19(17)24)12-23-20(25)18-14(2)21-9-10-22-18/h3,5,7,9-11,15,17,19,24H,4,6,8,12H2,1-2H3,(H,23,25)/t15-,17-,19-/m1/s1. The van der Waals surface area contributed by atoms with E-state index in [1.54, 1.807) is 13.1 Å². The second-order valence-electron chi connectivity index (χ2n) is 6.85. The van der Waals surface area contributed by atoms with Crippen LogP contribution in [-0.2, 0) is 0 Å². The lowest BCUT2D eigenvalue weighted by Gasteiger charge is -2.35. The Morgan fingerprint density at radius 2 is 2.08 bits per heavy atom. The van der Waals surface area contributed by atoms with Crippen LogP contribution < -0.4 is 10.1 Å². The number of rotatable bonds is 5. The molecule has 0 spiro atoms. The third-order valence-corrected chi connectivity index (χ3v) is 4.83. The molecule has 1 heterocycles. The number of ether oxygens (including phenoxy) is 1. The molecule has 1 aromatic heterocycles. The zero-order valence-electron chi connectivity index (χ0n) is 15.2. The fourth-order valence-corrected chi connectivity index (χ4v) is 3.38. The van der Waals surface area contributed by atoms with E-state index in [1.165, 1.54) is 6.20 Å². The van der Waals surface area contributed by atoms with Crippen LogP contribution in [0.4, 0.5) is 0 Å². The van der Waals surface area contributed by atoms with Crippen molar-refractivity contribution in [2.75, 3.05) is 6.54 Å². The highest BCUT2D eigenvalue weighted by Gasteiger charge is 2.33. The van der Waals surface area contributed by atoms with Crippen molar-refractivity contribution in [3.05, 3.63) is 53.6 Å². The molecule has 1 aliphatic rings. The summed E-state index contributed by atoms with van der Waals surface area (Å²) in [5, 5.41) is 13.6. The molecule has 1 saturated carbocycles. The van der Waals surface area contributed by atoms with E-state index < -0.39 is 6.10 Å². The lowest BCUT2D eigenvalue weighted by atomic mass is 9.84. The van der Waals surface area contributed by atoms with Crippen LogP contribution in [0.5, 0.6) is 5.75 Å². The summed E-state index contributed by atoms with van der Waals surface area (Å²) in [4.78, 5) is 20.5. The van der Waals surface area contributed by atoms with Crippen molar-refractivity contribution in [1.82, 2.24) is 15.3 Å². The average Bonchev–Trinajstić information content (AvgIpc) is 2.62. The molecule has 2 N–H and O–H groups in total. The van der Waals surface area contributed by atoms with E-state index in [0.29, 0.717) is 17.9 Å². The number of aliphatic hydroxyl groups is 1. The normalized spacial score (nSPS) is 22.7. The Morgan fingerprint density at radius 3 is 2.85 bits per heavy atom. The van der Waals surface area contributed by atoms with Crippen LogP contribution in [0.15, 0.2) is 36.7 Å². The minimum Gasteiger partial charge on any atom is -0.488 e. The first-order valence-corrected chi connectivity index (χ1v) is 9.02. The minimum absolute atomic E-state index is 0.0421. The Bertz CT molecular complexity index is 765. The number of aromatic nitrogens is 2. The summed E-state index contributed by atoms with van der Waals surface area (Å²) in [6.45, 7) is 4.16. The van der Waals surface area contributed by atoms with Crippen molar-refractivity contribution in [3.63, 3.8) is 0 Å². The zero-order valence-corrected chi connectivity index (χ0v) is 15.2. The molecular formula is C20H25N3O3. The second-order valence-corrected chi connectivity index (χ2v) is 6.85. The second kappa shape index (κ2) is 8.27. The number of benzene rings is 1. The first-order chi connectivity index (χ1) is 12.5. The summed E-state index contributed by atoms with van der Waals surface area (Å²) in [5.74, 6) is 0.470. The van der Waals surface area contributed by atoms with E-state index in [0.717, 1.165) is 30.6 Å². The van der Waals surface area contributed by atoms with Crippen LogP contribution in [0.1, 0.15) is 41.0 Å². The van der Waals surface area contributed by atoms with Gasteiger partial charge in [-0.15, -0.1) is 0 Å². The predicted molar refractivity (Wildman–Crippen MR) is 98.0 cm³/mol. The molecule has 2 aromatic rings. The van der Waals surface area contributed by atoms with Crippen molar-refractivity contribution < 1.29 is 14.6 Å². The summed E-state index contributed by atoms with van der Waals surface area (Å²) in [5.41, 5.74) is 2.04. The topological polar surface area (TPSA) is 84.3 Å². The van der Waals surface area contributed by atoms with Crippen LogP contribution >= 0.6 is 0 Å². The summed E-state index contributed by atoms with van der Waals surface area (Å²) >= 11 is 0. The zero-order chi connectivity index (χ0) is 18.5. The van der Waals surface area contributed by atoms with E-state index >= 15 is 0 Å². The Balaban J connectivity index is 1.58. The third kappa shape index (κ3) is 4.38. The fourth-order valence-electron chi connectivity index (χ4n) is 3.38. The maximum Gasteiger partial charge on any atom is 0.271 e. The summed E-state index contributed by atoms with van der Waals surface area (Å²) in [7, 11) is 0. The molecule has 1 amide bonds. The van der Waals surface area contributed by atoms with Gasteiger partial charge >= 0.3 is 0 Å². The van der Waals surface area contributed by atoms with Gasteiger partial charge in [-0.25, -0.2) is 4.98 Å². The fraction of sp³-hybridized carbons (Fsp3) is 0.450. The smallest absolute Gasteiger partial charge is 0.271 e. The molecule has 3 rings (SSSR count). The Morgan fingerprint density at radius 1 is 1.27 bits per heavy atom. The molecule has 3 atom stereocenters. The van der Waals surface area contributed by atoms with Crippen molar-refractivity contribution in [2.45, 2.75) is 45.3 Å². The Kier molecular flexibility index (Phi) is 5.83. The van der Waals surface area contributed by atoms with Crippen molar-refractivity contribution >= 4 is 5.91 Å². The van der Waals surface area contributed by atoms with Gasteiger partial charge in [0.25, 0.3) is 5.91 Å². The van der Waals surface area contributed by atoms with Crippen molar-refractivity contribution in [3.8, 4) is 5.75 Å². The summed E-state index contributed by atoms with van der Waals surface area (Å²) in [6.07, 6.45) is 4.81. The molecule has 1 fully saturated rings. The number of nitrogens with zero attached hydrogens (tertiary/aromatic N) is 2. The largest absolute Gasteiger partial charge is 0.488 e. The van der Waals surface area contributed by atoms with Gasteiger partial charge in [0.15, 0.2) is 0 Å². The molecule has 1 aromatic carbocycles. The molecule has 26 heavy (non-hydrogen) atoms.